The molecule has 1 N–H and O–H groups in total. The van der Waals surface area contributed by atoms with E-state index >= 15 is 0 Å². The fourth-order valence-electron chi connectivity index (χ4n) is 3.62. The van der Waals surface area contributed by atoms with Crippen molar-refractivity contribution in [3.05, 3.63) is 112 Å². The summed E-state index contributed by atoms with van der Waals surface area (Å²) in [4.78, 5) is 46.1. The molecule has 4 rings (SSSR count). The number of benzene rings is 3. The third kappa shape index (κ3) is 6.16. The molecule has 0 spiro atoms. The van der Waals surface area contributed by atoms with Gasteiger partial charge >= 0.3 is 5.97 Å². The van der Waals surface area contributed by atoms with Crippen LogP contribution in [0, 0.1) is 0 Å². The van der Waals surface area contributed by atoms with Crippen LogP contribution in [0.3, 0.4) is 0 Å². The van der Waals surface area contributed by atoms with Gasteiger partial charge in [0.2, 0.25) is 0 Å². The lowest BCUT2D eigenvalue weighted by atomic mass is 10.1. The molecule has 3 aromatic carbocycles. The third-order valence-corrected chi connectivity index (χ3v) is 5.37. The zero-order chi connectivity index (χ0) is 23.8. The molecule has 7 heteroatoms. The summed E-state index contributed by atoms with van der Waals surface area (Å²) < 4.78 is 5.25. The molecule has 0 saturated heterocycles. The molecule has 0 aliphatic rings. The van der Waals surface area contributed by atoms with Crippen LogP contribution in [0.25, 0.3) is 10.9 Å². The number of H-pyrrole nitrogens is 1. The van der Waals surface area contributed by atoms with Gasteiger partial charge in [-0.1, -0.05) is 72.8 Å². The number of amides is 1. The van der Waals surface area contributed by atoms with Gasteiger partial charge in [-0.25, -0.2) is 4.98 Å². The summed E-state index contributed by atoms with van der Waals surface area (Å²) in [5.41, 5.74) is 2.30. The zero-order valence-electron chi connectivity index (χ0n) is 18.6. The standard InChI is InChI=1S/C27H25N3O4/c31-25(30(17-20-9-3-1-4-10-20)18-21-11-5-2-6-12-21)19-34-26(32)16-15-24-28-23-14-8-7-13-22(23)27(33)29-24/h1-14H,15-19H2,(H,28,29,33). The minimum atomic E-state index is -0.525. The molecule has 0 radical (unpaired) electrons. The number of para-hydroxylation sites is 1. The van der Waals surface area contributed by atoms with Crippen LogP contribution < -0.4 is 5.56 Å². The van der Waals surface area contributed by atoms with E-state index in [-0.39, 0.29) is 30.9 Å². The predicted molar refractivity (Wildman–Crippen MR) is 129 cm³/mol. The van der Waals surface area contributed by atoms with Gasteiger partial charge in [-0.05, 0) is 23.3 Å². The molecule has 1 amide bonds. The van der Waals surface area contributed by atoms with Crippen LogP contribution in [-0.4, -0.2) is 33.4 Å². The predicted octanol–water partition coefficient (Wildman–Crippen LogP) is 3.63. The van der Waals surface area contributed by atoms with E-state index in [2.05, 4.69) is 9.97 Å². The lowest BCUT2D eigenvalue weighted by Crippen LogP contribution is -2.34. The molecule has 1 heterocycles. The van der Waals surface area contributed by atoms with Crippen molar-refractivity contribution in [1.29, 1.82) is 0 Å². The van der Waals surface area contributed by atoms with Gasteiger partial charge in [0.05, 0.1) is 17.3 Å². The molecular weight excluding hydrogens is 430 g/mol. The van der Waals surface area contributed by atoms with E-state index in [4.69, 9.17) is 4.74 Å². The molecule has 0 aliphatic carbocycles. The van der Waals surface area contributed by atoms with Gasteiger partial charge in [-0.15, -0.1) is 0 Å². The van der Waals surface area contributed by atoms with E-state index in [1.807, 2.05) is 60.7 Å². The lowest BCUT2D eigenvalue weighted by Gasteiger charge is -2.23. The number of ether oxygens (including phenoxy) is 1. The minimum absolute atomic E-state index is 0.00588. The van der Waals surface area contributed by atoms with E-state index in [0.29, 0.717) is 29.8 Å². The number of carbonyl (C=O) groups is 2. The molecule has 0 saturated carbocycles. The van der Waals surface area contributed by atoms with Gasteiger partial charge in [0.1, 0.15) is 5.82 Å². The molecule has 0 fully saturated rings. The van der Waals surface area contributed by atoms with Crippen LogP contribution in [0.2, 0.25) is 0 Å². The van der Waals surface area contributed by atoms with E-state index in [1.165, 1.54) is 0 Å². The number of nitrogens with one attached hydrogen (secondary N) is 1. The second kappa shape index (κ2) is 11.0. The summed E-state index contributed by atoms with van der Waals surface area (Å²) in [5.74, 6) is -0.399. The number of hydrogen-bond donors (Lipinski definition) is 1. The Morgan fingerprint density at radius 3 is 2.06 bits per heavy atom. The Bertz CT molecular complexity index is 1280. The number of aromatic nitrogens is 2. The first-order chi connectivity index (χ1) is 16.6. The molecule has 1 aromatic heterocycles. The quantitative estimate of drug-likeness (QED) is 0.389. The second-order valence-corrected chi connectivity index (χ2v) is 7.91. The normalized spacial score (nSPS) is 10.7. The maximum Gasteiger partial charge on any atom is 0.306 e. The van der Waals surface area contributed by atoms with E-state index < -0.39 is 5.97 Å². The van der Waals surface area contributed by atoms with E-state index in [0.717, 1.165) is 11.1 Å². The first-order valence-electron chi connectivity index (χ1n) is 11.1. The van der Waals surface area contributed by atoms with E-state index in [9.17, 15) is 14.4 Å². The van der Waals surface area contributed by atoms with Gasteiger partial charge in [0, 0.05) is 19.5 Å². The molecule has 7 nitrogen and oxygen atoms in total. The minimum Gasteiger partial charge on any atom is -0.456 e. The average Bonchev–Trinajstić information content (AvgIpc) is 2.87. The number of esters is 1. The molecule has 172 valence electrons. The Hall–Kier alpha value is -4.26. The van der Waals surface area contributed by atoms with Gasteiger partial charge in [0.15, 0.2) is 6.61 Å². The summed E-state index contributed by atoms with van der Waals surface area (Å²) in [6.07, 6.45) is 0.219. The first-order valence-corrected chi connectivity index (χ1v) is 11.1. The topological polar surface area (TPSA) is 92.4 Å². The molecule has 0 aliphatic heterocycles. The summed E-state index contributed by atoms with van der Waals surface area (Å²) in [5, 5.41) is 0.497. The number of fused-ring (bicyclic) bond motifs is 1. The maximum atomic E-state index is 12.9. The van der Waals surface area contributed by atoms with Crippen LogP contribution in [-0.2, 0) is 33.8 Å². The van der Waals surface area contributed by atoms with Gasteiger partial charge in [-0.2, -0.15) is 0 Å². The monoisotopic (exact) mass is 455 g/mol. The fraction of sp³-hybridized carbons (Fsp3) is 0.185. The SMILES string of the molecule is O=C(CCc1nc2ccccc2c(=O)[nH]1)OCC(=O)N(Cc1ccccc1)Cc1ccccc1. The smallest absolute Gasteiger partial charge is 0.306 e. The molecular formula is C27H25N3O4. The maximum absolute atomic E-state index is 12.9. The Balaban J connectivity index is 1.35. The van der Waals surface area contributed by atoms with Crippen molar-refractivity contribution in [2.24, 2.45) is 0 Å². The first kappa shape index (κ1) is 22.9. The van der Waals surface area contributed by atoms with Crippen LogP contribution in [0.15, 0.2) is 89.7 Å². The highest BCUT2D eigenvalue weighted by Crippen LogP contribution is 2.11. The van der Waals surface area contributed by atoms with Crippen molar-refractivity contribution < 1.29 is 14.3 Å². The molecule has 0 atom stereocenters. The van der Waals surface area contributed by atoms with Crippen molar-refractivity contribution >= 4 is 22.8 Å². The number of hydrogen-bond acceptors (Lipinski definition) is 5. The number of nitrogens with zero attached hydrogens (tertiary/aromatic N) is 2. The largest absolute Gasteiger partial charge is 0.456 e. The third-order valence-electron chi connectivity index (χ3n) is 5.37. The second-order valence-electron chi connectivity index (χ2n) is 7.91. The number of aromatic amines is 1. The fourth-order valence-corrected chi connectivity index (χ4v) is 3.62. The van der Waals surface area contributed by atoms with Crippen molar-refractivity contribution in [1.82, 2.24) is 14.9 Å². The van der Waals surface area contributed by atoms with Crippen molar-refractivity contribution in [2.45, 2.75) is 25.9 Å². The Morgan fingerprint density at radius 2 is 1.41 bits per heavy atom. The molecule has 4 aromatic rings. The van der Waals surface area contributed by atoms with Crippen molar-refractivity contribution in [3.8, 4) is 0 Å². The summed E-state index contributed by atoms with van der Waals surface area (Å²) in [7, 11) is 0. The highest BCUT2D eigenvalue weighted by molar-refractivity contribution is 5.81. The number of rotatable bonds is 9. The zero-order valence-corrected chi connectivity index (χ0v) is 18.6. The molecule has 34 heavy (non-hydrogen) atoms. The number of aryl methyl sites for hydroxylation is 1. The van der Waals surface area contributed by atoms with Gasteiger partial charge in [0.25, 0.3) is 11.5 Å². The number of carbonyl (C=O) groups excluding carboxylic acids is 2. The molecule has 0 bridgehead atoms. The van der Waals surface area contributed by atoms with Crippen LogP contribution in [0.4, 0.5) is 0 Å². The van der Waals surface area contributed by atoms with Crippen LogP contribution in [0.1, 0.15) is 23.4 Å². The summed E-state index contributed by atoms with van der Waals surface area (Å²) in [6.45, 7) is 0.475. The van der Waals surface area contributed by atoms with E-state index in [1.54, 1.807) is 29.2 Å². The highest BCUT2D eigenvalue weighted by Gasteiger charge is 2.17. The van der Waals surface area contributed by atoms with Crippen molar-refractivity contribution in [3.63, 3.8) is 0 Å². The van der Waals surface area contributed by atoms with Gasteiger partial charge < -0.3 is 14.6 Å². The van der Waals surface area contributed by atoms with Crippen molar-refractivity contribution in [2.75, 3.05) is 6.61 Å². The average molecular weight is 456 g/mol. The summed E-state index contributed by atoms with van der Waals surface area (Å²) in [6, 6.07) is 26.4. The highest BCUT2D eigenvalue weighted by atomic mass is 16.5. The van der Waals surface area contributed by atoms with Crippen LogP contribution in [0.5, 0.6) is 0 Å². The Kier molecular flexibility index (Phi) is 7.45. The summed E-state index contributed by atoms with van der Waals surface area (Å²) >= 11 is 0. The van der Waals surface area contributed by atoms with Gasteiger partial charge in [-0.3, -0.25) is 14.4 Å². The molecule has 0 unspecified atom stereocenters. The van der Waals surface area contributed by atoms with Crippen LogP contribution >= 0.6 is 0 Å². The Morgan fingerprint density at radius 1 is 0.824 bits per heavy atom. The lowest BCUT2D eigenvalue weighted by molar-refractivity contribution is -0.152. The Labute approximate surface area is 197 Å².